The molecule has 0 aliphatic heterocycles. The molecule has 0 saturated carbocycles. The van der Waals surface area contributed by atoms with E-state index in [0.717, 1.165) is 0 Å². The summed E-state index contributed by atoms with van der Waals surface area (Å²) in [4.78, 5) is 0.0912. The quantitative estimate of drug-likeness (QED) is 0.906. The van der Waals surface area contributed by atoms with E-state index in [9.17, 15) is 13.5 Å². The van der Waals surface area contributed by atoms with Crippen LogP contribution < -0.4 is 4.72 Å². The first-order valence-corrected chi connectivity index (χ1v) is 7.91. The molecule has 0 aromatic heterocycles. The Kier molecular flexibility index (Phi) is 3.23. The summed E-state index contributed by atoms with van der Waals surface area (Å²) in [5.74, 6) is -0.0532. The molecule has 2 aromatic rings. The van der Waals surface area contributed by atoms with Crippen LogP contribution in [-0.4, -0.2) is 19.6 Å². The smallest absolute Gasteiger partial charge is 0.240 e. The molecule has 1 aliphatic rings. The summed E-state index contributed by atoms with van der Waals surface area (Å²) in [7, 11) is -3.59. The third kappa shape index (κ3) is 2.55. The summed E-state index contributed by atoms with van der Waals surface area (Å²) in [6.07, 6.45) is 1.41. The minimum absolute atomic E-state index is 0.0532. The molecular weight excluding hydrogens is 274 g/mol. The monoisotopic (exact) mass is 289 g/mol. The van der Waals surface area contributed by atoms with Gasteiger partial charge in [0.2, 0.25) is 10.0 Å². The van der Waals surface area contributed by atoms with Gasteiger partial charge in [-0.2, -0.15) is 0 Å². The largest absolute Gasteiger partial charge is 0.508 e. The van der Waals surface area contributed by atoms with Gasteiger partial charge in [0, 0.05) is 6.04 Å². The number of phenolic OH excluding ortho intramolecular Hbond substituents is 1. The maximum absolute atomic E-state index is 12.3. The predicted molar refractivity (Wildman–Crippen MR) is 76.1 cm³/mol. The van der Waals surface area contributed by atoms with Gasteiger partial charge in [-0.3, -0.25) is 0 Å². The fourth-order valence-corrected chi connectivity index (χ4v) is 3.86. The topological polar surface area (TPSA) is 66.4 Å². The summed E-state index contributed by atoms with van der Waals surface area (Å²) in [5.41, 5.74) is 2.38. The van der Waals surface area contributed by atoms with E-state index >= 15 is 0 Å². The Morgan fingerprint density at radius 1 is 1.00 bits per heavy atom. The van der Waals surface area contributed by atoms with Crippen molar-refractivity contribution in [3.05, 3.63) is 59.7 Å². The highest BCUT2D eigenvalue weighted by molar-refractivity contribution is 7.89. The molecule has 5 heteroatoms. The first-order valence-electron chi connectivity index (χ1n) is 6.43. The normalized spacial score (nSPS) is 15.2. The predicted octanol–water partition coefficient (Wildman–Crippen LogP) is 1.84. The van der Waals surface area contributed by atoms with E-state index in [0.29, 0.717) is 12.8 Å². The van der Waals surface area contributed by atoms with Crippen LogP contribution in [0.4, 0.5) is 0 Å². The van der Waals surface area contributed by atoms with E-state index in [1.165, 1.54) is 35.4 Å². The first-order chi connectivity index (χ1) is 9.54. The van der Waals surface area contributed by atoms with E-state index in [2.05, 4.69) is 4.72 Å². The van der Waals surface area contributed by atoms with Crippen molar-refractivity contribution in [3.8, 4) is 5.75 Å². The Morgan fingerprint density at radius 3 is 2.25 bits per heavy atom. The third-order valence-corrected chi connectivity index (χ3v) is 5.02. The van der Waals surface area contributed by atoms with Crippen LogP contribution in [0.5, 0.6) is 5.75 Å². The zero-order chi connectivity index (χ0) is 14.2. The van der Waals surface area contributed by atoms with Gasteiger partial charge in [0.25, 0.3) is 0 Å². The molecule has 0 fully saturated rings. The fraction of sp³-hybridized carbons (Fsp3) is 0.200. The zero-order valence-corrected chi connectivity index (χ0v) is 11.6. The van der Waals surface area contributed by atoms with Gasteiger partial charge in [-0.25, -0.2) is 13.1 Å². The molecule has 4 nitrogen and oxygen atoms in total. The number of aromatic hydroxyl groups is 1. The number of sulfonamides is 1. The van der Waals surface area contributed by atoms with Crippen LogP contribution in [0.25, 0.3) is 0 Å². The second-order valence-corrected chi connectivity index (χ2v) is 6.71. The Labute approximate surface area is 118 Å². The number of fused-ring (bicyclic) bond motifs is 1. The van der Waals surface area contributed by atoms with E-state index in [4.69, 9.17) is 0 Å². The second-order valence-electron chi connectivity index (χ2n) is 4.99. The van der Waals surface area contributed by atoms with E-state index in [-0.39, 0.29) is 16.7 Å². The average Bonchev–Trinajstić information content (AvgIpc) is 2.80. The maximum atomic E-state index is 12.3. The molecule has 0 spiro atoms. The van der Waals surface area contributed by atoms with E-state index in [1.54, 1.807) is 0 Å². The lowest BCUT2D eigenvalue weighted by molar-refractivity contribution is 0.472. The molecule has 2 N–H and O–H groups in total. The summed E-state index contributed by atoms with van der Waals surface area (Å²) >= 11 is 0. The summed E-state index contributed by atoms with van der Waals surface area (Å²) in [6.45, 7) is 0. The molecule has 0 bridgehead atoms. The van der Waals surface area contributed by atoms with Crippen LogP contribution in [0.2, 0.25) is 0 Å². The Bertz CT molecular complexity index is 715. The van der Waals surface area contributed by atoms with Gasteiger partial charge >= 0.3 is 0 Å². The molecule has 0 amide bonds. The molecule has 2 aromatic carbocycles. The number of nitrogens with one attached hydrogen (secondary N) is 1. The van der Waals surface area contributed by atoms with Crippen LogP contribution >= 0.6 is 0 Å². The van der Waals surface area contributed by atoms with Crippen LogP contribution in [0.1, 0.15) is 11.1 Å². The van der Waals surface area contributed by atoms with Crippen LogP contribution in [0.15, 0.2) is 53.4 Å². The Balaban J connectivity index is 1.79. The van der Waals surface area contributed by atoms with Gasteiger partial charge in [-0.15, -0.1) is 0 Å². The van der Waals surface area contributed by atoms with Gasteiger partial charge in [-0.05, 0) is 42.2 Å². The fourth-order valence-electron chi connectivity index (χ4n) is 2.58. The highest BCUT2D eigenvalue weighted by atomic mass is 32.2. The molecule has 0 radical (unpaired) electrons. The first kappa shape index (κ1) is 13.1. The van der Waals surface area contributed by atoms with Crippen molar-refractivity contribution in [3.63, 3.8) is 0 Å². The van der Waals surface area contributed by atoms with Crippen molar-refractivity contribution >= 4 is 10.0 Å². The highest BCUT2D eigenvalue weighted by Gasteiger charge is 2.26. The molecule has 0 atom stereocenters. The van der Waals surface area contributed by atoms with Gasteiger partial charge in [-0.1, -0.05) is 30.3 Å². The molecule has 20 heavy (non-hydrogen) atoms. The van der Waals surface area contributed by atoms with Crippen LogP contribution in [-0.2, 0) is 22.9 Å². The van der Waals surface area contributed by atoms with E-state index < -0.39 is 10.0 Å². The van der Waals surface area contributed by atoms with Gasteiger partial charge in [0.15, 0.2) is 0 Å². The second kappa shape index (κ2) is 4.92. The number of benzene rings is 2. The van der Waals surface area contributed by atoms with Gasteiger partial charge < -0.3 is 5.11 Å². The lowest BCUT2D eigenvalue weighted by atomic mass is 10.1. The van der Waals surface area contributed by atoms with Crippen molar-refractivity contribution in [1.82, 2.24) is 4.72 Å². The highest BCUT2D eigenvalue weighted by Crippen LogP contribution is 2.23. The van der Waals surface area contributed by atoms with Crippen molar-refractivity contribution in [1.29, 1.82) is 0 Å². The summed E-state index contributed by atoms with van der Waals surface area (Å²) in [6, 6.07) is 13.6. The minimum atomic E-state index is -3.59. The molecule has 104 valence electrons. The molecular formula is C15H15NO3S. The molecule has 0 saturated heterocycles. The summed E-state index contributed by atoms with van der Waals surface area (Å²) in [5, 5.41) is 9.39. The average molecular weight is 289 g/mol. The van der Waals surface area contributed by atoms with Crippen molar-refractivity contribution in [2.75, 3.05) is 0 Å². The van der Waals surface area contributed by atoms with Gasteiger partial charge in [0.1, 0.15) is 5.75 Å². The number of phenols is 1. The van der Waals surface area contributed by atoms with Crippen molar-refractivity contribution in [2.45, 2.75) is 23.8 Å². The Morgan fingerprint density at radius 2 is 1.65 bits per heavy atom. The molecule has 1 aliphatic carbocycles. The maximum Gasteiger partial charge on any atom is 0.240 e. The molecule has 0 heterocycles. The van der Waals surface area contributed by atoms with Gasteiger partial charge in [0.05, 0.1) is 4.90 Å². The number of rotatable bonds is 3. The van der Waals surface area contributed by atoms with E-state index in [1.807, 2.05) is 24.3 Å². The third-order valence-electron chi connectivity index (χ3n) is 3.50. The molecule has 3 rings (SSSR count). The van der Waals surface area contributed by atoms with Crippen LogP contribution in [0, 0.1) is 0 Å². The standard InChI is InChI=1S/C15H15NO3S/c17-14-6-3-7-15(10-14)20(18,19)16-13-8-11-4-1-2-5-12(11)9-13/h1-7,10,13,16-17H,8-9H2. The zero-order valence-electron chi connectivity index (χ0n) is 10.8. The number of hydrogen-bond donors (Lipinski definition) is 2. The summed E-state index contributed by atoms with van der Waals surface area (Å²) < 4.78 is 27.2. The van der Waals surface area contributed by atoms with Crippen molar-refractivity contribution in [2.24, 2.45) is 0 Å². The minimum Gasteiger partial charge on any atom is -0.508 e. The lowest BCUT2D eigenvalue weighted by Gasteiger charge is -2.12. The lowest BCUT2D eigenvalue weighted by Crippen LogP contribution is -2.35. The number of hydrogen-bond acceptors (Lipinski definition) is 3. The Hall–Kier alpha value is -1.85. The van der Waals surface area contributed by atoms with Crippen LogP contribution in [0.3, 0.4) is 0 Å². The SMILES string of the molecule is O=S(=O)(NC1Cc2ccccc2C1)c1cccc(O)c1. The molecule has 0 unspecified atom stereocenters. The van der Waals surface area contributed by atoms with Crippen molar-refractivity contribution < 1.29 is 13.5 Å².